The Labute approximate surface area is 308 Å². The van der Waals surface area contributed by atoms with E-state index in [0.29, 0.717) is 51.2 Å². The molecule has 0 radical (unpaired) electrons. The third kappa shape index (κ3) is 13.6. The topological polar surface area (TPSA) is 137 Å². The van der Waals surface area contributed by atoms with Crippen LogP contribution in [0.25, 0.3) is 0 Å². The minimum absolute atomic E-state index is 0.131. The minimum atomic E-state index is -0.832. The van der Waals surface area contributed by atoms with E-state index < -0.39 is 12.1 Å². The van der Waals surface area contributed by atoms with Gasteiger partial charge < -0.3 is 25.6 Å². The molecule has 0 saturated heterocycles. The third-order valence-electron chi connectivity index (χ3n) is 8.17. The highest BCUT2D eigenvalue weighted by atomic mass is 35.5. The summed E-state index contributed by atoms with van der Waals surface area (Å²) in [5.41, 5.74) is 4.74. The van der Waals surface area contributed by atoms with Crippen molar-refractivity contribution in [1.29, 1.82) is 0 Å². The van der Waals surface area contributed by atoms with Crippen molar-refractivity contribution in [3.8, 4) is 0 Å². The van der Waals surface area contributed by atoms with Crippen molar-refractivity contribution in [2.24, 2.45) is 4.99 Å². The number of urea groups is 1. The monoisotopic (exact) mass is 741 g/mol. The van der Waals surface area contributed by atoms with Gasteiger partial charge in [0, 0.05) is 37.0 Å². The van der Waals surface area contributed by atoms with Gasteiger partial charge in [-0.3, -0.25) is 9.79 Å². The molecule has 4 rings (SSSR count). The second kappa shape index (κ2) is 20.9. The fraction of sp³-hybridized carbons (Fsp3) is 0.472. The molecule has 2 heterocycles. The van der Waals surface area contributed by atoms with E-state index in [1.807, 2.05) is 66.0 Å². The summed E-state index contributed by atoms with van der Waals surface area (Å²) in [5, 5.41) is 12.3. The van der Waals surface area contributed by atoms with Gasteiger partial charge in [-0.25, -0.2) is 19.4 Å². The molecule has 0 aliphatic carbocycles. The van der Waals surface area contributed by atoms with E-state index in [1.165, 1.54) is 4.90 Å². The van der Waals surface area contributed by atoms with E-state index in [9.17, 15) is 14.4 Å². The summed E-state index contributed by atoms with van der Waals surface area (Å²) < 4.78 is 5.55. The van der Waals surface area contributed by atoms with Gasteiger partial charge in [0.15, 0.2) is 0 Å². The van der Waals surface area contributed by atoms with Crippen molar-refractivity contribution in [1.82, 2.24) is 30.7 Å². The lowest BCUT2D eigenvalue weighted by Crippen LogP contribution is -2.53. The number of ether oxygens (including phenoxy) is 1. The normalized spacial score (nSPS) is 15.7. The number of thiazole rings is 1. The highest BCUT2D eigenvalue weighted by molar-refractivity contribution is 8.12. The van der Waals surface area contributed by atoms with Gasteiger partial charge in [-0.1, -0.05) is 74.5 Å². The largest absolute Gasteiger partial charge is 0.448 e. The van der Waals surface area contributed by atoms with Crippen molar-refractivity contribution >= 4 is 58.5 Å². The molecule has 4 atom stereocenters. The number of hydrogen-bond donors (Lipinski definition) is 4. The molecular weight excluding hydrogens is 694 g/mol. The predicted octanol–water partition coefficient (Wildman–Crippen LogP) is 5.90. The minimum Gasteiger partial charge on any atom is -0.448 e. The SMILES string of the molecule is CC(C)c1nc(CN(C)C(=O)N[C@@H](CCNCl)C(=O)N[C@H](CC[C@H](Cc2ccccc2)NC(=O)OCC2CN=CS2)Cc2ccccc2)cs1. The molecule has 0 bridgehead atoms. The number of alkyl carbamates (subject to hydrolysis) is 1. The van der Waals surface area contributed by atoms with Gasteiger partial charge in [0.2, 0.25) is 5.91 Å². The van der Waals surface area contributed by atoms with Crippen LogP contribution < -0.4 is 20.8 Å². The first-order valence-corrected chi connectivity index (χ1v) is 19.1. The number of benzene rings is 2. The maximum absolute atomic E-state index is 13.8. The molecule has 1 aliphatic rings. The Morgan fingerprint density at radius 2 is 1.58 bits per heavy atom. The Morgan fingerprint density at radius 3 is 2.14 bits per heavy atom. The van der Waals surface area contributed by atoms with E-state index >= 15 is 0 Å². The lowest BCUT2D eigenvalue weighted by atomic mass is 9.95. The number of aliphatic imine (C=N–C) groups is 1. The number of nitrogens with zero attached hydrogens (tertiary/aromatic N) is 3. The van der Waals surface area contributed by atoms with E-state index in [4.69, 9.17) is 16.5 Å². The van der Waals surface area contributed by atoms with E-state index in [2.05, 4.69) is 44.6 Å². The fourth-order valence-corrected chi connectivity index (χ4v) is 7.05. The Kier molecular flexibility index (Phi) is 16.4. The quantitative estimate of drug-likeness (QED) is 0.112. The van der Waals surface area contributed by atoms with E-state index in [1.54, 1.807) is 35.7 Å². The van der Waals surface area contributed by atoms with Crippen molar-refractivity contribution in [3.05, 3.63) is 87.9 Å². The Morgan fingerprint density at radius 1 is 0.940 bits per heavy atom. The zero-order chi connectivity index (χ0) is 35.7. The summed E-state index contributed by atoms with van der Waals surface area (Å²) in [6.07, 6.45) is 2.15. The standard InChI is InChI=1S/C36H48ClN7O4S2/c1-25(2)34-41-30(23-49-34)21-44(3)35(46)43-32(16-17-39-37)33(45)40-28(18-26-10-6-4-7-11-26)14-15-29(19-27-12-8-5-9-13-27)42-36(47)48-22-31-20-38-24-50-31/h4-13,23-25,28-29,31-32,39H,14-22H2,1-3H3,(H,40,45)(H,42,47)(H,43,46)/t28-,29-,31?,32+/m1/s1. The summed E-state index contributed by atoms with van der Waals surface area (Å²) in [6, 6.07) is 18.2. The first kappa shape index (κ1) is 39.1. The number of rotatable bonds is 19. The van der Waals surface area contributed by atoms with Gasteiger partial charge in [0.05, 0.1) is 34.6 Å². The molecule has 4 amide bonds. The lowest BCUT2D eigenvalue weighted by Gasteiger charge is -2.27. The molecule has 2 aromatic carbocycles. The number of amides is 4. The summed E-state index contributed by atoms with van der Waals surface area (Å²) in [7, 11) is 1.68. The third-order valence-corrected chi connectivity index (χ3v) is 10.5. The Balaban J connectivity index is 1.42. The van der Waals surface area contributed by atoms with Gasteiger partial charge in [-0.2, -0.15) is 0 Å². The van der Waals surface area contributed by atoms with Gasteiger partial charge in [-0.15, -0.1) is 23.1 Å². The number of thioether (sulfide) groups is 1. The maximum atomic E-state index is 13.8. The van der Waals surface area contributed by atoms with Gasteiger partial charge >= 0.3 is 12.1 Å². The molecular formula is C36H48ClN7O4S2. The number of halogens is 1. The van der Waals surface area contributed by atoms with Crippen LogP contribution in [0.1, 0.15) is 60.9 Å². The molecule has 3 aromatic rings. The van der Waals surface area contributed by atoms with Crippen LogP contribution in [0.3, 0.4) is 0 Å². The second-order valence-corrected chi connectivity index (χ2v) is 15.0. The maximum Gasteiger partial charge on any atom is 0.407 e. The zero-order valence-corrected chi connectivity index (χ0v) is 31.2. The van der Waals surface area contributed by atoms with Crippen molar-refractivity contribution < 1.29 is 19.1 Å². The van der Waals surface area contributed by atoms with Crippen LogP contribution in [0.15, 0.2) is 71.0 Å². The number of hydrogen-bond acceptors (Lipinski definition) is 9. The fourth-order valence-electron chi connectivity index (χ4n) is 5.46. The van der Waals surface area contributed by atoms with Crippen LogP contribution in [-0.4, -0.2) is 83.6 Å². The summed E-state index contributed by atoms with van der Waals surface area (Å²) >= 11 is 8.92. The van der Waals surface area contributed by atoms with Crippen LogP contribution in [-0.2, 0) is 28.9 Å². The van der Waals surface area contributed by atoms with E-state index in [-0.39, 0.29) is 42.3 Å². The van der Waals surface area contributed by atoms with Gasteiger partial charge in [-0.05, 0) is 55.0 Å². The number of nitrogens with one attached hydrogen (secondary N) is 4. The molecule has 0 spiro atoms. The first-order valence-electron chi connectivity index (χ1n) is 16.9. The van der Waals surface area contributed by atoms with Crippen LogP contribution in [0.5, 0.6) is 0 Å². The highest BCUT2D eigenvalue weighted by Gasteiger charge is 2.26. The average Bonchev–Trinajstić information content (AvgIpc) is 3.82. The molecule has 11 nitrogen and oxygen atoms in total. The van der Waals surface area contributed by atoms with Gasteiger partial charge in [0.1, 0.15) is 12.6 Å². The molecule has 1 aromatic heterocycles. The molecule has 14 heteroatoms. The Hall–Kier alpha value is -3.65. The second-order valence-electron chi connectivity index (χ2n) is 12.7. The number of aromatic nitrogens is 1. The molecule has 0 saturated carbocycles. The van der Waals surface area contributed by atoms with Crippen LogP contribution in [0, 0.1) is 0 Å². The van der Waals surface area contributed by atoms with Crippen LogP contribution in [0.2, 0.25) is 0 Å². The molecule has 270 valence electrons. The molecule has 1 aliphatic heterocycles. The lowest BCUT2D eigenvalue weighted by molar-refractivity contribution is -0.123. The van der Waals surface area contributed by atoms with Crippen molar-refractivity contribution in [2.45, 2.75) is 81.8 Å². The first-order chi connectivity index (χ1) is 24.2. The molecule has 50 heavy (non-hydrogen) atoms. The van der Waals surface area contributed by atoms with Crippen molar-refractivity contribution in [2.75, 3.05) is 26.7 Å². The number of carbonyl (C=O) groups excluding carboxylic acids is 3. The van der Waals surface area contributed by atoms with E-state index in [0.717, 1.165) is 21.8 Å². The van der Waals surface area contributed by atoms with Crippen LogP contribution in [0.4, 0.5) is 9.59 Å². The predicted molar refractivity (Wildman–Crippen MR) is 203 cm³/mol. The summed E-state index contributed by atoms with van der Waals surface area (Å²) in [6.45, 7) is 5.71. The molecule has 4 N–H and O–H groups in total. The molecule has 1 unspecified atom stereocenters. The highest BCUT2D eigenvalue weighted by Crippen LogP contribution is 2.20. The summed E-state index contributed by atoms with van der Waals surface area (Å²) in [4.78, 5) is 52.9. The average molecular weight is 742 g/mol. The van der Waals surface area contributed by atoms with Crippen LogP contribution >= 0.6 is 34.9 Å². The van der Waals surface area contributed by atoms with Gasteiger partial charge in [0.25, 0.3) is 0 Å². The molecule has 0 fully saturated rings. The number of carbonyl (C=O) groups is 3. The van der Waals surface area contributed by atoms with Crippen molar-refractivity contribution in [3.63, 3.8) is 0 Å². The summed E-state index contributed by atoms with van der Waals surface area (Å²) in [5.74, 6) is 0.000904. The smallest absolute Gasteiger partial charge is 0.407 e. The zero-order valence-electron chi connectivity index (χ0n) is 28.8. The Bertz CT molecular complexity index is 1500.